The van der Waals surface area contributed by atoms with E-state index in [9.17, 15) is 9.59 Å². The molecule has 6 heteroatoms. The Kier molecular flexibility index (Phi) is 4.37. The maximum Gasteiger partial charge on any atom is 0.254 e. The maximum absolute atomic E-state index is 12.7. The summed E-state index contributed by atoms with van der Waals surface area (Å²) in [6.07, 6.45) is 2.29. The number of carbonyl (C=O) groups is 2. The molecule has 0 bridgehead atoms. The summed E-state index contributed by atoms with van der Waals surface area (Å²) >= 11 is 5.87. The van der Waals surface area contributed by atoms with E-state index in [1.165, 1.54) is 0 Å². The second-order valence-electron chi connectivity index (χ2n) is 6.25. The lowest BCUT2D eigenvalue weighted by Crippen LogP contribution is -2.37. The highest BCUT2D eigenvalue weighted by molar-refractivity contribution is 6.30. The number of aryl methyl sites for hydroxylation is 1. The first kappa shape index (κ1) is 16.6. The average molecular weight is 346 g/mol. The number of nitrogens with one attached hydrogen (secondary N) is 1. The van der Waals surface area contributed by atoms with E-state index in [2.05, 4.69) is 9.88 Å². The van der Waals surface area contributed by atoms with Crippen LogP contribution in [0, 0.1) is 13.8 Å². The van der Waals surface area contributed by atoms with Crippen LogP contribution in [0.4, 0.5) is 0 Å². The summed E-state index contributed by atoms with van der Waals surface area (Å²) in [6, 6.07) is 8.17. The highest BCUT2D eigenvalue weighted by atomic mass is 35.5. The summed E-state index contributed by atoms with van der Waals surface area (Å²) in [7, 11) is 0. The number of rotatable bonds is 5. The second-order valence-corrected chi connectivity index (χ2v) is 6.68. The second kappa shape index (κ2) is 6.32. The highest BCUT2D eigenvalue weighted by Crippen LogP contribution is 2.38. The van der Waals surface area contributed by atoms with E-state index in [0.29, 0.717) is 22.2 Å². The lowest BCUT2D eigenvalue weighted by molar-refractivity contribution is -0.120. The Morgan fingerprint density at radius 1 is 1.25 bits per heavy atom. The molecule has 1 aromatic carbocycles. The van der Waals surface area contributed by atoms with Gasteiger partial charge in [-0.1, -0.05) is 23.7 Å². The molecule has 5 nitrogen and oxygen atoms in total. The minimum atomic E-state index is -0.890. The van der Waals surface area contributed by atoms with Gasteiger partial charge in [-0.05, 0) is 50.5 Å². The Bertz CT molecular complexity index is 791. The predicted octanol–water partition coefficient (Wildman–Crippen LogP) is 3.05. The van der Waals surface area contributed by atoms with Crippen LogP contribution in [0.5, 0.6) is 0 Å². The molecule has 1 aromatic heterocycles. The van der Waals surface area contributed by atoms with Crippen LogP contribution >= 0.6 is 11.6 Å². The minimum Gasteiger partial charge on any atom is -0.368 e. The van der Waals surface area contributed by atoms with Crippen molar-refractivity contribution < 1.29 is 9.59 Å². The zero-order valence-electron chi connectivity index (χ0n) is 13.7. The fourth-order valence-electron chi connectivity index (χ4n) is 3.08. The molecule has 2 aromatic rings. The molecule has 0 unspecified atom stereocenters. The van der Waals surface area contributed by atoms with Crippen molar-refractivity contribution in [3.63, 3.8) is 0 Å². The molecular weight excluding hydrogens is 326 g/mol. The highest BCUT2D eigenvalue weighted by Gasteiger charge is 2.29. The number of hydrogen-bond acceptors (Lipinski definition) is 2. The van der Waals surface area contributed by atoms with Crippen LogP contribution in [0.1, 0.15) is 52.2 Å². The van der Waals surface area contributed by atoms with E-state index in [0.717, 1.165) is 24.2 Å². The summed E-state index contributed by atoms with van der Waals surface area (Å²) in [4.78, 5) is 24.5. The summed E-state index contributed by atoms with van der Waals surface area (Å²) in [5.41, 5.74) is 8.64. The first-order valence-electron chi connectivity index (χ1n) is 7.92. The van der Waals surface area contributed by atoms with Gasteiger partial charge < -0.3 is 15.6 Å². The zero-order chi connectivity index (χ0) is 17.4. The number of carbonyl (C=O) groups excluding carboxylic acids is 2. The SMILES string of the molecule is Cc1cc(C(=O)N[C@@H](C(N)=O)c2ccc(Cl)cc2)c(C)n1C1CC1. The third kappa shape index (κ3) is 3.17. The predicted molar refractivity (Wildman–Crippen MR) is 93.0 cm³/mol. The van der Waals surface area contributed by atoms with Gasteiger partial charge >= 0.3 is 0 Å². The van der Waals surface area contributed by atoms with E-state index in [1.54, 1.807) is 24.3 Å². The number of halogens is 1. The van der Waals surface area contributed by atoms with Gasteiger partial charge in [0, 0.05) is 22.5 Å². The molecule has 1 saturated carbocycles. The number of aromatic nitrogens is 1. The number of hydrogen-bond donors (Lipinski definition) is 2. The molecule has 24 heavy (non-hydrogen) atoms. The fourth-order valence-corrected chi connectivity index (χ4v) is 3.21. The number of primary amides is 1. The van der Waals surface area contributed by atoms with Crippen LogP contribution in [0.2, 0.25) is 5.02 Å². The Labute approximate surface area is 145 Å². The summed E-state index contributed by atoms with van der Waals surface area (Å²) in [6.45, 7) is 3.93. The normalized spacial score (nSPS) is 15.1. The molecular formula is C18H20ClN3O2. The molecule has 0 saturated heterocycles. The molecule has 0 radical (unpaired) electrons. The summed E-state index contributed by atoms with van der Waals surface area (Å²) in [5, 5.41) is 3.30. The smallest absolute Gasteiger partial charge is 0.254 e. The van der Waals surface area contributed by atoms with E-state index < -0.39 is 11.9 Å². The first-order chi connectivity index (χ1) is 11.4. The molecule has 1 atom stereocenters. The van der Waals surface area contributed by atoms with Crippen LogP contribution in [0.25, 0.3) is 0 Å². The van der Waals surface area contributed by atoms with Crippen molar-refractivity contribution in [1.82, 2.24) is 9.88 Å². The van der Waals surface area contributed by atoms with Crippen molar-refractivity contribution in [3.05, 3.63) is 57.9 Å². The van der Waals surface area contributed by atoms with Gasteiger partial charge in [-0.15, -0.1) is 0 Å². The maximum atomic E-state index is 12.7. The van der Waals surface area contributed by atoms with Crippen molar-refractivity contribution in [3.8, 4) is 0 Å². The molecule has 3 rings (SSSR count). The van der Waals surface area contributed by atoms with Gasteiger partial charge in [0.2, 0.25) is 5.91 Å². The molecule has 0 spiro atoms. The number of benzene rings is 1. The number of nitrogens with two attached hydrogens (primary N) is 1. The lowest BCUT2D eigenvalue weighted by atomic mass is 10.1. The molecule has 1 aliphatic carbocycles. The fraction of sp³-hybridized carbons (Fsp3) is 0.333. The molecule has 1 fully saturated rings. The first-order valence-corrected chi connectivity index (χ1v) is 8.30. The quantitative estimate of drug-likeness (QED) is 0.873. The third-order valence-electron chi connectivity index (χ3n) is 4.40. The van der Waals surface area contributed by atoms with E-state index in [4.69, 9.17) is 17.3 Å². The van der Waals surface area contributed by atoms with Gasteiger partial charge in [0.05, 0.1) is 5.56 Å². The van der Waals surface area contributed by atoms with Crippen molar-refractivity contribution in [2.75, 3.05) is 0 Å². The minimum absolute atomic E-state index is 0.297. The molecule has 0 aliphatic heterocycles. The Morgan fingerprint density at radius 2 is 1.88 bits per heavy atom. The Morgan fingerprint density at radius 3 is 2.42 bits per heavy atom. The Balaban J connectivity index is 1.85. The van der Waals surface area contributed by atoms with Crippen molar-refractivity contribution >= 4 is 23.4 Å². The monoisotopic (exact) mass is 345 g/mol. The van der Waals surface area contributed by atoms with Crippen LogP contribution < -0.4 is 11.1 Å². The van der Waals surface area contributed by atoms with Gasteiger partial charge in [-0.2, -0.15) is 0 Å². The molecule has 2 amide bonds. The van der Waals surface area contributed by atoms with Crippen LogP contribution in [-0.4, -0.2) is 16.4 Å². The van der Waals surface area contributed by atoms with Crippen molar-refractivity contribution in [2.24, 2.45) is 5.73 Å². The molecule has 3 N–H and O–H groups in total. The molecule has 1 aliphatic rings. The zero-order valence-corrected chi connectivity index (χ0v) is 14.4. The summed E-state index contributed by atoms with van der Waals surface area (Å²) < 4.78 is 2.19. The third-order valence-corrected chi connectivity index (χ3v) is 4.66. The van der Waals surface area contributed by atoms with Crippen LogP contribution in [-0.2, 0) is 4.79 Å². The van der Waals surface area contributed by atoms with Crippen LogP contribution in [0.15, 0.2) is 30.3 Å². The van der Waals surface area contributed by atoms with E-state index in [1.807, 2.05) is 19.9 Å². The molecule has 126 valence electrons. The van der Waals surface area contributed by atoms with E-state index >= 15 is 0 Å². The Hall–Kier alpha value is -2.27. The topological polar surface area (TPSA) is 77.1 Å². The lowest BCUT2D eigenvalue weighted by Gasteiger charge is -2.16. The van der Waals surface area contributed by atoms with Gasteiger partial charge in [-0.3, -0.25) is 9.59 Å². The van der Waals surface area contributed by atoms with Gasteiger partial charge in [-0.25, -0.2) is 0 Å². The van der Waals surface area contributed by atoms with Crippen LogP contribution in [0.3, 0.4) is 0 Å². The largest absolute Gasteiger partial charge is 0.368 e. The summed E-state index contributed by atoms with van der Waals surface area (Å²) in [5.74, 6) is -0.907. The molecule has 1 heterocycles. The number of nitrogens with zero attached hydrogens (tertiary/aromatic N) is 1. The van der Waals surface area contributed by atoms with Gasteiger partial charge in [0.25, 0.3) is 5.91 Å². The standard InChI is InChI=1S/C18H20ClN3O2/c1-10-9-15(11(2)22(10)14-7-8-14)18(24)21-16(17(20)23)12-3-5-13(19)6-4-12/h3-6,9,14,16H,7-8H2,1-2H3,(H2,20,23)(H,21,24)/t16-/m1/s1. The van der Waals surface area contributed by atoms with Gasteiger partial charge in [0.15, 0.2) is 0 Å². The van der Waals surface area contributed by atoms with Gasteiger partial charge in [0.1, 0.15) is 6.04 Å². The van der Waals surface area contributed by atoms with Crippen molar-refractivity contribution in [1.29, 1.82) is 0 Å². The van der Waals surface area contributed by atoms with Crippen molar-refractivity contribution in [2.45, 2.75) is 38.8 Å². The van der Waals surface area contributed by atoms with E-state index in [-0.39, 0.29) is 5.91 Å². The average Bonchev–Trinajstić information content (AvgIpc) is 3.31. The number of amides is 2.